The van der Waals surface area contributed by atoms with E-state index in [1.165, 1.54) is 27.8 Å². The van der Waals surface area contributed by atoms with Crippen LogP contribution in [0.4, 0.5) is 0 Å². The van der Waals surface area contributed by atoms with Crippen LogP contribution in [0.2, 0.25) is 0 Å². The maximum Gasteiger partial charge on any atom is 0.101 e. The van der Waals surface area contributed by atoms with Gasteiger partial charge in [0.25, 0.3) is 0 Å². The average molecular weight is 426 g/mol. The minimum atomic E-state index is 0.885. The molecule has 158 valence electrons. The van der Waals surface area contributed by atoms with E-state index in [1.807, 2.05) is 6.08 Å². The zero-order valence-corrected chi connectivity index (χ0v) is 19.5. The van der Waals surface area contributed by atoms with Crippen LogP contribution in [0.25, 0.3) is 17.2 Å². The molecule has 2 heteroatoms. The molecule has 0 unspecified atom stereocenters. The number of rotatable bonds is 8. The molecule has 31 heavy (non-hydrogen) atoms. The number of nitrogens with zero attached hydrogens (tertiary/aromatic N) is 1. The summed E-state index contributed by atoms with van der Waals surface area (Å²) in [5.41, 5.74) is 7.56. The van der Waals surface area contributed by atoms with Gasteiger partial charge in [0.05, 0.1) is 0 Å². The average Bonchev–Trinajstić information content (AvgIpc) is 2.83. The first-order valence-corrected chi connectivity index (χ1v) is 11.5. The van der Waals surface area contributed by atoms with Crippen molar-refractivity contribution in [3.05, 3.63) is 113 Å². The Kier molecular flexibility index (Phi) is 8.37. The lowest BCUT2D eigenvalue weighted by atomic mass is 9.88. The molecule has 0 heterocycles. The van der Waals surface area contributed by atoms with Crippen LogP contribution in [0.1, 0.15) is 49.4 Å². The number of allylic oxidation sites excluding steroid dienone is 1. The van der Waals surface area contributed by atoms with Crippen molar-refractivity contribution in [2.45, 2.75) is 27.2 Å². The van der Waals surface area contributed by atoms with Crippen LogP contribution in [0.15, 0.2) is 91.0 Å². The highest BCUT2D eigenvalue weighted by Crippen LogP contribution is 2.34. The van der Waals surface area contributed by atoms with Gasteiger partial charge in [0, 0.05) is 13.1 Å². The van der Waals surface area contributed by atoms with Crippen molar-refractivity contribution in [3.8, 4) is 0 Å². The van der Waals surface area contributed by atoms with Crippen molar-refractivity contribution in [2.75, 3.05) is 13.1 Å². The molecule has 0 aromatic heterocycles. The predicted octanol–water partition coefficient (Wildman–Crippen LogP) is 7.74. The standard InChI is InChI=1S/C29H31NS/c1-4-27(24-13-9-7-10-14-24)29(25-15-11-8-12-16-25)26-20-17-23(18-21-26)19-22-28(31)30(5-2)6-3/h7-22H,4-6H2,1-3H3/b22-19+,29-27-. The Labute approximate surface area is 192 Å². The van der Waals surface area contributed by atoms with Crippen molar-refractivity contribution in [2.24, 2.45) is 0 Å². The fraction of sp³-hybridized carbons (Fsp3) is 0.207. The Morgan fingerprint density at radius 2 is 1.23 bits per heavy atom. The lowest BCUT2D eigenvalue weighted by Crippen LogP contribution is -2.27. The van der Waals surface area contributed by atoms with Gasteiger partial charge in [-0.3, -0.25) is 0 Å². The summed E-state index contributed by atoms with van der Waals surface area (Å²) in [4.78, 5) is 3.07. The summed E-state index contributed by atoms with van der Waals surface area (Å²) in [6.45, 7) is 8.37. The van der Waals surface area contributed by atoms with E-state index in [0.29, 0.717) is 0 Å². The van der Waals surface area contributed by atoms with E-state index >= 15 is 0 Å². The van der Waals surface area contributed by atoms with E-state index < -0.39 is 0 Å². The number of hydrogen-bond acceptors (Lipinski definition) is 1. The van der Waals surface area contributed by atoms with Crippen molar-refractivity contribution in [1.29, 1.82) is 0 Å². The minimum Gasteiger partial charge on any atom is -0.363 e. The summed E-state index contributed by atoms with van der Waals surface area (Å²) < 4.78 is 0. The lowest BCUT2D eigenvalue weighted by molar-refractivity contribution is 0.476. The Hall–Kier alpha value is -2.97. The maximum atomic E-state index is 5.54. The van der Waals surface area contributed by atoms with Crippen LogP contribution in [0, 0.1) is 0 Å². The zero-order chi connectivity index (χ0) is 22.1. The molecular formula is C29H31NS. The first-order chi connectivity index (χ1) is 15.2. The summed E-state index contributed by atoms with van der Waals surface area (Å²) in [5, 5.41) is 0. The van der Waals surface area contributed by atoms with Gasteiger partial charge in [-0.15, -0.1) is 0 Å². The number of benzene rings is 3. The summed E-state index contributed by atoms with van der Waals surface area (Å²) in [6, 6.07) is 30.2. The van der Waals surface area contributed by atoms with E-state index in [0.717, 1.165) is 30.1 Å². The van der Waals surface area contributed by atoms with Crippen LogP contribution >= 0.6 is 12.2 Å². The number of hydrogen-bond donors (Lipinski definition) is 0. The smallest absolute Gasteiger partial charge is 0.101 e. The van der Waals surface area contributed by atoms with Crippen molar-refractivity contribution >= 4 is 34.4 Å². The molecular weight excluding hydrogens is 394 g/mol. The van der Waals surface area contributed by atoms with E-state index in [1.54, 1.807) is 0 Å². The highest BCUT2D eigenvalue weighted by atomic mass is 32.1. The van der Waals surface area contributed by atoms with Crippen LogP contribution in [-0.2, 0) is 0 Å². The van der Waals surface area contributed by atoms with Gasteiger partial charge in [-0.1, -0.05) is 110 Å². The van der Waals surface area contributed by atoms with E-state index in [9.17, 15) is 0 Å². The number of thiocarbonyl (C=S) groups is 1. The Morgan fingerprint density at radius 1 is 0.710 bits per heavy atom. The fourth-order valence-corrected chi connectivity index (χ4v) is 4.18. The molecule has 0 N–H and O–H groups in total. The molecule has 3 rings (SSSR count). The van der Waals surface area contributed by atoms with E-state index in [2.05, 4.69) is 117 Å². The Balaban J connectivity index is 2.00. The molecule has 0 bridgehead atoms. The molecule has 0 saturated heterocycles. The first kappa shape index (κ1) is 22.7. The minimum absolute atomic E-state index is 0.885. The van der Waals surface area contributed by atoms with E-state index in [4.69, 9.17) is 12.2 Å². The lowest BCUT2D eigenvalue weighted by Gasteiger charge is -2.19. The Bertz CT molecular complexity index is 1030. The second-order valence-corrected chi connectivity index (χ2v) is 7.82. The van der Waals surface area contributed by atoms with Gasteiger partial charge in [-0.05, 0) is 59.7 Å². The van der Waals surface area contributed by atoms with Gasteiger partial charge in [-0.25, -0.2) is 0 Å². The fourth-order valence-electron chi connectivity index (χ4n) is 3.85. The normalized spacial score (nSPS) is 12.0. The molecule has 3 aromatic rings. The quantitative estimate of drug-likeness (QED) is 0.206. The van der Waals surface area contributed by atoms with Crippen LogP contribution in [0.5, 0.6) is 0 Å². The third-order valence-corrected chi connectivity index (χ3v) is 5.93. The SMILES string of the molecule is CC/C(=C(\c1ccccc1)c1ccc(/C=C/C(=S)N(CC)CC)cc1)c1ccccc1. The molecule has 0 amide bonds. The van der Waals surface area contributed by atoms with Crippen molar-refractivity contribution < 1.29 is 0 Å². The second kappa shape index (κ2) is 11.4. The van der Waals surface area contributed by atoms with Gasteiger partial charge in [-0.2, -0.15) is 0 Å². The monoisotopic (exact) mass is 425 g/mol. The molecule has 0 aliphatic heterocycles. The van der Waals surface area contributed by atoms with Crippen LogP contribution < -0.4 is 0 Å². The van der Waals surface area contributed by atoms with E-state index in [-0.39, 0.29) is 0 Å². The molecule has 0 saturated carbocycles. The molecule has 0 atom stereocenters. The summed E-state index contributed by atoms with van der Waals surface area (Å²) in [7, 11) is 0. The molecule has 1 nitrogen and oxygen atoms in total. The molecule has 0 radical (unpaired) electrons. The number of likely N-dealkylation sites (N-methyl/N-ethyl adjacent to an activating group) is 1. The second-order valence-electron chi connectivity index (χ2n) is 7.41. The predicted molar refractivity (Wildman–Crippen MR) is 140 cm³/mol. The van der Waals surface area contributed by atoms with Crippen LogP contribution in [0.3, 0.4) is 0 Å². The van der Waals surface area contributed by atoms with Crippen molar-refractivity contribution in [1.82, 2.24) is 4.90 Å². The Morgan fingerprint density at radius 3 is 1.74 bits per heavy atom. The van der Waals surface area contributed by atoms with Gasteiger partial charge in [0.2, 0.25) is 0 Å². The van der Waals surface area contributed by atoms with Crippen LogP contribution in [-0.4, -0.2) is 23.0 Å². The molecule has 0 aliphatic rings. The first-order valence-electron chi connectivity index (χ1n) is 11.1. The summed E-state index contributed by atoms with van der Waals surface area (Å²) in [6.07, 6.45) is 5.11. The third-order valence-electron chi connectivity index (χ3n) is 5.53. The largest absolute Gasteiger partial charge is 0.363 e. The van der Waals surface area contributed by atoms with Gasteiger partial charge in [0.1, 0.15) is 4.99 Å². The highest BCUT2D eigenvalue weighted by Gasteiger charge is 2.12. The topological polar surface area (TPSA) is 3.24 Å². The van der Waals surface area contributed by atoms with Gasteiger partial charge >= 0.3 is 0 Å². The zero-order valence-electron chi connectivity index (χ0n) is 18.7. The van der Waals surface area contributed by atoms with Crippen molar-refractivity contribution in [3.63, 3.8) is 0 Å². The van der Waals surface area contributed by atoms with Gasteiger partial charge in [0.15, 0.2) is 0 Å². The molecule has 0 aliphatic carbocycles. The highest BCUT2D eigenvalue weighted by molar-refractivity contribution is 7.80. The summed E-state index contributed by atoms with van der Waals surface area (Å²) in [5.74, 6) is 0. The third kappa shape index (κ3) is 5.80. The summed E-state index contributed by atoms with van der Waals surface area (Å²) >= 11 is 5.54. The maximum absolute atomic E-state index is 5.54. The molecule has 0 fully saturated rings. The molecule has 3 aromatic carbocycles. The van der Waals surface area contributed by atoms with Gasteiger partial charge < -0.3 is 4.90 Å². The molecule has 0 spiro atoms.